The Morgan fingerprint density at radius 3 is 2.34 bits per heavy atom. The number of rotatable bonds is 9. The van der Waals surface area contributed by atoms with Crippen molar-refractivity contribution < 1.29 is 22.7 Å². The summed E-state index contributed by atoms with van der Waals surface area (Å²) in [5, 5.41) is 2.90. The van der Waals surface area contributed by atoms with Crippen LogP contribution >= 0.6 is 15.9 Å². The van der Waals surface area contributed by atoms with E-state index in [-0.39, 0.29) is 12.5 Å². The summed E-state index contributed by atoms with van der Waals surface area (Å²) >= 11 is 3.41. The highest BCUT2D eigenvalue weighted by atomic mass is 79.9. The third kappa shape index (κ3) is 8.24. The summed E-state index contributed by atoms with van der Waals surface area (Å²) in [6.45, 7) is 8.69. The Morgan fingerprint density at radius 1 is 1.14 bits per heavy atom. The summed E-state index contributed by atoms with van der Waals surface area (Å²) in [6.07, 6.45) is 1.06. The fraction of sp³-hybridized carbons (Fsp3) is 0.440. The number of benzene rings is 2. The smallest absolute Gasteiger partial charge is 0.244 e. The molecule has 10 heteroatoms. The van der Waals surface area contributed by atoms with Crippen molar-refractivity contribution in [2.45, 2.75) is 52.7 Å². The van der Waals surface area contributed by atoms with E-state index in [0.29, 0.717) is 11.4 Å². The summed E-state index contributed by atoms with van der Waals surface area (Å²) in [7, 11) is -2.24. The molecule has 0 aliphatic rings. The molecule has 0 aliphatic heterocycles. The van der Waals surface area contributed by atoms with Crippen molar-refractivity contribution in [1.82, 2.24) is 10.2 Å². The van der Waals surface area contributed by atoms with E-state index in [1.807, 2.05) is 33.8 Å². The Labute approximate surface area is 216 Å². The van der Waals surface area contributed by atoms with Gasteiger partial charge in [-0.05, 0) is 76.1 Å². The Bertz CT molecular complexity index is 1180. The molecular weight excluding hydrogens is 534 g/mol. The van der Waals surface area contributed by atoms with Crippen molar-refractivity contribution in [2.24, 2.45) is 0 Å². The molecule has 0 bridgehead atoms. The highest BCUT2D eigenvalue weighted by molar-refractivity contribution is 9.10. The average Bonchev–Trinajstić information content (AvgIpc) is 2.75. The number of hydrogen-bond donors (Lipinski definition) is 1. The second kappa shape index (κ2) is 11.4. The van der Waals surface area contributed by atoms with Crippen molar-refractivity contribution in [1.29, 1.82) is 0 Å². The third-order valence-electron chi connectivity index (χ3n) is 5.26. The minimum Gasteiger partial charge on any atom is -0.497 e. The maximum atomic E-state index is 13.6. The molecule has 2 amide bonds. The number of hydrogen-bond acceptors (Lipinski definition) is 5. The van der Waals surface area contributed by atoms with Crippen molar-refractivity contribution in [3.05, 3.63) is 58.1 Å². The Kier molecular flexibility index (Phi) is 9.36. The van der Waals surface area contributed by atoms with Crippen LogP contribution in [0, 0.1) is 6.92 Å². The average molecular weight is 569 g/mol. The molecule has 0 spiro atoms. The van der Waals surface area contributed by atoms with Gasteiger partial charge in [0, 0.05) is 16.6 Å². The Morgan fingerprint density at radius 2 is 1.80 bits per heavy atom. The number of aryl methyl sites for hydroxylation is 1. The molecule has 0 radical (unpaired) electrons. The Balaban J connectivity index is 2.44. The minimum atomic E-state index is -3.78. The lowest BCUT2D eigenvalue weighted by Crippen LogP contribution is -2.54. The molecule has 0 saturated carbocycles. The molecule has 192 valence electrons. The molecule has 0 aromatic heterocycles. The summed E-state index contributed by atoms with van der Waals surface area (Å²) in [5.74, 6) is -0.223. The van der Waals surface area contributed by atoms with Crippen molar-refractivity contribution >= 4 is 43.5 Å². The number of carbonyl (C=O) groups is 2. The lowest BCUT2D eigenvalue weighted by molar-refractivity contribution is -0.140. The van der Waals surface area contributed by atoms with Crippen molar-refractivity contribution in [3.8, 4) is 5.75 Å². The van der Waals surface area contributed by atoms with Gasteiger partial charge in [0.2, 0.25) is 21.8 Å². The lowest BCUT2D eigenvalue weighted by Gasteiger charge is -2.33. The molecule has 35 heavy (non-hydrogen) atoms. The topological polar surface area (TPSA) is 96.0 Å². The van der Waals surface area contributed by atoms with Crippen LogP contribution in [-0.4, -0.2) is 56.6 Å². The number of carbonyl (C=O) groups excluding carboxylic acids is 2. The molecule has 2 aromatic carbocycles. The summed E-state index contributed by atoms with van der Waals surface area (Å²) < 4.78 is 32.5. The van der Waals surface area contributed by atoms with E-state index < -0.39 is 34.1 Å². The number of amides is 2. The molecule has 1 atom stereocenters. The molecular formula is C25H34BrN3O5S. The number of methoxy groups -OCH3 is 1. The second-order valence-corrected chi connectivity index (χ2v) is 12.3. The van der Waals surface area contributed by atoms with Gasteiger partial charge in [-0.1, -0.05) is 28.1 Å². The van der Waals surface area contributed by atoms with Gasteiger partial charge in [-0.2, -0.15) is 0 Å². The number of ether oxygens (including phenoxy) is 1. The zero-order valence-corrected chi connectivity index (χ0v) is 23.7. The van der Waals surface area contributed by atoms with Gasteiger partial charge in [0.05, 0.1) is 19.1 Å². The quantitative estimate of drug-likeness (QED) is 0.496. The first-order chi connectivity index (χ1) is 16.1. The molecule has 0 saturated heterocycles. The molecule has 0 aliphatic carbocycles. The Hall–Kier alpha value is -2.59. The predicted molar refractivity (Wildman–Crippen MR) is 142 cm³/mol. The van der Waals surface area contributed by atoms with E-state index in [2.05, 4.69) is 21.2 Å². The van der Waals surface area contributed by atoms with Crippen LogP contribution in [0.5, 0.6) is 5.75 Å². The highest BCUT2D eigenvalue weighted by Crippen LogP contribution is 2.25. The molecule has 1 N–H and O–H groups in total. The first kappa shape index (κ1) is 28.6. The van der Waals surface area contributed by atoms with E-state index in [9.17, 15) is 18.0 Å². The first-order valence-corrected chi connectivity index (χ1v) is 13.7. The van der Waals surface area contributed by atoms with Crippen LogP contribution < -0.4 is 14.4 Å². The first-order valence-electron chi connectivity index (χ1n) is 11.1. The van der Waals surface area contributed by atoms with Gasteiger partial charge in [-0.15, -0.1) is 0 Å². The molecule has 0 fully saturated rings. The van der Waals surface area contributed by atoms with Gasteiger partial charge in [0.1, 0.15) is 18.3 Å². The van der Waals surface area contributed by atoms with Gasteiger partial charge < -0.3 is 15.0 Å². The summed E-state index contributed by atoms with van der Waals surface area (Å²) in [5.41, 5.74) is 1.45. The largest absolute Gasteiger partial charge is 0.497 e. The molecule has 0 heterocycles. The van der Waals surface area contributed by atoms with E-state index in [1.165, 1.54) is 4.90 Å². The molecule has 8 nitrogen and oxygen atoms in total. The van der Waals surface area contributed by atoms with Crippen LogP contribution in [0.15, 0.2) is 46.9 Å². The van der Waals surface area contributed by atoms with Gasteiger partial charge >= 0.3 is 0 Å². The minimum absolute atomic E-state index is 0.103. The fourth-order valence-electron chi connectivity index (χ4n) is 3.42. The van der Waals surface area contributed by atoms with Crippen LogP contribution in [0.2, 0.25) is 0 Å². The summed E-state index contributed by atoms with van der Waals surface area (Å²) in [4.78, 5) is 28.0. The number of sulfonamides is 1. The van der Waals surface area contributed by atoms with Crippen molar-refractivity contribution in [2.75, 3.05) is 24.2 Å². The third-order valence-corrected chi connectivity index (χ3v) is 7.29. The molecule has 2 rings (SSSR count). The SMILES string of the molecule is COc1cccc(CN(C(=O)CN(c2ccc(Br)c(C)c2)S(C)(=O)=O)[C@@H](C)C(=O)NC(C)(C)C)c1. The van der Waals surface area contributed by atoms with Crippen LogP contribution in [-0.2, 0) is 26.2 Å². The maximum absolute atomic E-state index is 13.6. The number of nitrogens with one attached hydrogen (secondary N) is 1. The van der Waals surface area contributed by atoms with Gasteiger partial charge in [0.15, 0.2) is 0 Å². The van der Waals surface area contributed by atoms with E-state index in [4.69, 9.17) is 4.74 Å². The fourth-order valence-corrected chi connectivity index (χ4v) is 4.51. The van der Waals surface area contributed by atoms with Crippen LogP contribution in [0.3, 0.4) is 0 Å². The standard InChI is InChI=1S/C25H34BrN3O5S/c1-17-13-20(11-12-22(17)26)29(35(7,32)33)16-23(30)28(18(2)24(31)27-25(3,4)5)15-19-9-8-10-21(14-19)34-6/h8-14,18H,15-16H2,1-7H3,(H,27,31)/t18-/m0/s1. The normalized spacial score (nSPS) is 12.6. The van der Waals surface area contributed by atoms with Crippen LogP contribution in [0.1, 0.15) is 38.8 Å². The summed E-state index contributed by atoms with van der Waals surface area (Å²) in [6, 6.07) is 11.4. The molecule has 2 aromatic rings. The van der Waals surface area contributed by atoms with Crippen LogP contribution in [0.25, 0.3) is 0 Å². The number of halogens is 1. The lowest BCUT2D eigenvalue weighted by atomic mass is 10.1. The molecule has 0 unspecified atom stereocenters. The maximum Gasteiger partial charge on any atom is 0.244 e. The predicted octanol–water partition coefficient (Wildman–Crippen LogP) is 3.86. The van der Waals surface area contributed by atoms with Crippen LogP contribution in [0.4, 0.5) is 5.69 Å². The van der Waals surface area contributed by atoms with E-state index >= 15 is 0 Å². The number of nitrogens with zero attached hydrogens (tertiary/aromatic N) is 2. The van der Waals surface area contributed by atoms with Gasteiger partial charge in [-0.3, -0.25) is 13.9 Å². The van der Waals surface area contributed by atoms with E-state index in [0.717, 1.165) is 26.2 Å². The zero-order chi connectivity index (χ0) is 26.6. The zero-order valence-electron chi connectivity index (χ0n) is 21.3. The van der Waals surface area contributed by atoms with Crippen molar-refractivity contribution in [3.63, 3.8) is 0 Å². The number of anilines is 1. The van der Waals surface area contributed by atoms with E-state index in [1.54, 1.807) is 50.4 Å². The monoisotopic (exact) mass is 567 g/mol. The van der Waals surface area contributed by atoms with Gasteiger partial charge in [-0.25, -0.2) is 8.42 Å². The van der Waals surface area contributed by atoms with Gasteiger partial charge in [0.25, 0.3) is 0 Å². The second-order valence-electron chi connectivity index (χ2n) is 9.49. The highest BCUT2D eigenvalue weighted by Gasteiger charge is 2.31.